The first kappa shape index (κ1) is 31.0. The number of carbonyl (C=O) groups excluding carboxylic acids is 1. The van der Waals surface area contributed by atoms with E-state index in [-0.39, 0.29) is 22.8 Å². The summed E-state index contributed by atoms with van der Waals surface area (Å²) in [6.07, 6.45) is -8.94. The number of hydrogen-bond acceptors (Lipinski definition) is 7. The van der Waals surface area contributed by atoms with Gasteiger partial charge in [0.05, 0.1) is 35.7 Å². The second-order valence-electron chi connectivity index (χ2n) is 8.44. The lowest BCUT2D eigenvalue weighted by molar-refractivity contribution is -0.192. The van der Waals surface area contributed by atoms with Crippen LogP contribution in [-0.2, 0) is 15.7 Å². The molecule has 0 aliphatic carbocycles. The number of pyridine rings is 1. The average molecular weight is 586 g/mol. The predicted molar refractivity (Wildman–Crippen MR) is 139 cm³/mol. The zero-order valence-electron chi connectivity index (χ0n) is 21.4. The Kier molecular flexibility index (Phi) is 9.99. The number of ether oxygens (including phenoxy) is 1. The van der Waals surface area contributed by atoms with Crippen LogP contribution in [0.5, 0.6) is 0 Å². The van der Waals surface area contributed by atoms with Crippen molar-refractivity contribution >= 4 is 40.4 Å². The third kappa shape index (κ3) is 8.73. The van der Waals surface area contributed by atoms with Gasteiger partial charge in [-0.2, -0.15) is 26.3 Å². The molecule has 2 aromatic carbocycles. The Morgan fingerprint density at radius 1 is 0.927 bits per heavy atom. The van der Waals surface area contributed by atoms with Gasteiger partial charge in [0.15, 0.2) is 0 Å². The molecule has 1 saturated heterocycles. The highest BCUT2D eigenvalue weighted by Gasteiger charge is 2.38. The number of halogens is 6. The van der Waals surface area contributed by atoms with Gasteiger partial charge in [-0.15, -0.1) is 0 Å². The number of carboxylic acids is 1. The Balaban J connectivity index is 0.000000587. The normalized spacial score (nSPS) is 13.5. The standard InChI is InChI=1S/C24H24F3N5O2.C2HF3O2/c1-28-23(33)18-4-2-3-5-20(18)31-21-14-22(29-15-19(21)24(25,26)27)30-16-6-8-17(9-7-16)32-10-12-34-13-11-32;3-2(4,5)1(6)7/h2-9,14-15H,10-13H2,1H3,(H,28,33)(H2,29,30,31);(H,6,7). The number of aliphatic carboxylic acids is 1. The number of carboxylic acid groups (broad SMARTS) is 1. The van der Waals surface area contributed by atoms with E-state index in [0.29, 0.717) is 18.9 Å². The van der Waals surface area contributed by atoms with E-state index in [4.69, 9.17) is 14.6 Å². The van der Waals surface area contributed by atoms with E-state index in [1.807, 2.05) is 24.3 Å². The summed E-state index contributed by atoms with van der Waals surface area (Å²) in [5.41, 5.74) is 1.05. The van der Waals surface area contributed by atoms with Crippen LogP contribution >= 0.6 is 0 Å². The van der Waals surface area contributed by atoms with Gasteiger partial charge in [-0.05, 0) is 36.4 Å². The molecule has 0 bridgehead atoms. The van der Waals surface area contributed by atoms with E-state index < -0.39 is 29.8 Å². The van der Waals surface area contributed by atoms with Crippen LogP contribution in [0.15, 0.2) is 60.8 Å². The van der Waals surface area contributed by atoms with Crippen molar-refractivity contribution in [2.45, 2.75) is 12.4 Å². The van der Waals surface area contributed by atoms with Crippen LogP contribution in [0.1, 0.15) is 15.9 Å². The number of hydrogen-bond donors (Lipinski definition) is 4. The van der Waals surface area contributed by atoms with Crippen molar-refractivity contribution in [1.29, 1.82) is 0 Å². The van der Waals surface area contributed by atoms with Gasteiger partial charge in [0.25, 0.3) is 5.91 Å². The summed E-state index contributed by atoms with van der Waals surface area (Å²) in [6.45, 7) is 2.96. The van der Waals surface area contributed by atoms with Gasteiger partial charge < -0.3 is 30.7 Å². The Bertz CT molecular complexity index is 1340. The van der Waals surface area contributed by atoms with E-state index in [1.165, 1.54) is 19.2 Å². The summed E-state index contributed by atoms with van der Waals surface area (Å²) >= 11 is 0. The molecule has 4 rings (SSSR count). The van der Waals surface area contributed by atoms with Crippen molar-refractivity contribution < 1.29 is 45.8 Å². The SMILES string of the molecule is CNC(=O)c1ccccc1Nc1cc(Nc2ccc(N3CCOCC3)cc2)ncc1C(F)(F)F.O=C(O)C(F)(F)F. The maximum absolute atomic E-state index is 13.7. The third-order valence-corrected chi connectivity index (χ3v) is 5.64. The highest BCUT2D eigenvalue weighted by molar-refractivity contribution is 6.00. The summed E-state index contributed by atoms with van der Waals surface area (Å²) in [7, 11) is 1.46. The summed E-state index contributed by atoms with van der Waals surface area (Å²) < 4.78 is 78.1. The molecule has 4 N–H and O–H groups in total. The monoisotopic (exact) mass is 585 g/mol. The van der Waals surface area contributed by atoms with Gasteiger partial charge in [-0.25, -0.2) is 9.78 Å². The molecular weight excluding hydrogens is 560 g/mol. The van der Waals surface area contributed by atoms with Gasteiger partial charge in [-0.1, -0.05) is 12.1 Å². The summed E-state index contributed by atoms with van der Waals surface area (Å²) in [5.74, 6) is -2.94. The summed E-state index contributed by atoms with van der Waals surface area (Å²) in [4.78, 5) is 27.2. The molecule has 15 heteroatoms. The van der Waals surface area contributed by atoms with Crippen LogP contribution in [0.4, 0.5) is 54.9 Å². The number of amides is 1. The Hall–Kier alpha value is -4.53. The Labute approximate surface area is 230 Å². The maximum atomic E-state index is 13.7. The number of morpholine rings is 1. The second kappa shape index (κ2) is 13.2. The number of para-hydroxylation sites is 1. The number of nitrogens with one attached hydrogen (secondary N) is 3. The van der Waals surface area contributed by atoms with E-state index in [9.17, 15) is 31.1 Å². The van der Waals surface area contributed by atoms with Crippen molar-refractivity contribution in [3.05, 3.63) is 71.9 Å². The molecule has 1 amide bonds. The van der Waals surface area contributed by atoms with Gasteiger partial charge in [0.1, 0.15) is 5.82 Å². The molecule has 3 aromatic rings. The van der Waals surface area contributed by atoms with Gasteiger partial charge >= 0.3 is 18.3 Å². The molecule has 9 nitrogen and oxygen atoms in total. The zero-order chi connectivity index (χ0) is 30.2. The van der Waals surface area contributed by atoms with E-state index in [0.717, 1.165) is 25.0 Å². The van der Waals surface area contributed by atoms with Crippen LogP contribution in [0.3, 0.4) is 0 Å². The van der Waals surface area contributed by atoms with Crippen molar-refractivity contribution in [2.24, 2.45) is 0 Å². The molecule has 2 heterocycles. The molecule has 1 aromatic heterocycles. The first-order valence-electron chi connectivity index (χ1n) is 11.9. The van der Waals surface area contributed by atoms with Gasteiger partial charge in [0.2, 0.25) is 0 Å². The second-order valence-corrected chi connectivity index (χ2v) is 8.44. The molecular formula is C26H25F6N5O4. The Morgan fingerprint density at radius 3 is 2.10 bits per heavy atom. The van der Waals surface area contributed by atoms with Crippen molar-refractivity contribution in [2.75, 3.05) is 48.9 Å². The van der Waals surface area contributed by atoms with Crippen molar-refractivity contribution in [3.8, 4) is 0 Å². The van der Waals surface area contributed by atoms with Gasteiger partial charge in [-0.3, -0.25) is 4.79 Å². The average Bonchev–Trinajstić information content (AvgIpc) is 2.93. The van der Waals surface area contributed by atoms with Crippen LogP contribution in [0, 0.1) is 0 Å². The van der Waals surface area contributed by atoms with Crippen LogP contribution in [0.25, 0.3) is 0 Å². The fraction of sp³-hybridized carbons (Fsp3) is 0.269. The quantitative estimate of drug-likeness (QED) is 0.284. The van der Waals surface area contributed by atoms with Crippen LogP contribution in [0.2, 0.25) is 0 Å². The van der Waals surface area contributed by atoms with Crippen molar-refractivity contribution in [1.82, 2.24) is 10.3 Å². The Morgan fingerprint density at radius 2 is 1.54 bits per heavy atom. The lowest BCUT2D eigenvalue weighted by atomic mass is 10.1. The highest BCUT2D eigenvalue weighted by Crippen LogP contribution is 2.37. The largest absolute Gasteiger partial charge is 0.490 e. The molecule has 1 fully saturated rings. The lowest BCUT2D eigenvalue weighted by Crippen LogP contribution is -2.36. The number of carbonyl (C=O) groups is 2. The minimum absolute atomic E-state index is 0.216. The number of aromatic nitrogens is 1. The topological polar surface area (TPSA) is 116 Å². The van der Waals surface area contributed by atoms with Gasteiger partial charge in [0, 0.05) is 43.8 Å². The first-order valence-corrected chi connectivity index (χ1v) is 11.9. The predicted octanol–water partition coefficient (Wildman–Crippen LogP) is 5.42. The van der Waals surface area contributed by atoms with Crippen molar-refractivity contribution in [3.63, 3.8) is 0 Å². The number of benzene rings is 2. The minimum atomic E-state index is -5.08. The number of nitrogens with zero attached hydrogens (tertiary/aromatic N) is 2. The fourth-order valence-electron chi connectivity index (χ4n) is 3.65. The number of alkyl halides is 6. The summed E-state index contributed by atoms with van der Waals surface area (Å²) in [6, 6.07) is 15.2. The maximum Gasteiger partial charge on any atom is 0.490 e. The highest BCUT2D eigenvalue weighted by atomic mass is 19.4. The molecule has 0 spiro atoms. The molecule has 1 aliphatic rings. The lowest BCUT2D eigenvalue weighted by Gasteiger charge is -2.28. The molecule has 41 heavy (non-hydrogen) atoms. The molecule has 0 saturated carbocycles. The molecule has 220 valence electrons. The van der Waals surface area contributed by atoms with E-state index in [2.05, 4.69) is 25.8 Å². The van der Waals surface area contributed by atoms with Crippen LogP contribution in [-0.4, -0.2) is 61.5 Å². The first-order chi connectivity index (χ1) is 19.3. The van der Waals surface area contributed by atoms with E-state index in [1.54, 1.807) is 18.2 Å². The fourth-order valence-corrected chi connectivity index (χ4v) is 3.65. The number of rotatable bonds is 6. The molecule has 0 atom stereocenters. The van der Waals surface area contributed by atoms with Crippen LogP contribution < -0.4 is 20.9 Å². The third-order valence-electron chi connectivity index (χ3n) is 5.64. The zero-order valence-corrected chi connectivity index (χ0v) is 21.4. The minimum Gasteiger partial charge on any atom is -0.475 e. The summed E-state index contributed by atoms with van der Waals surface area (Å²) in [5, 5.41) is 15.4. The smallest absolute Gasteiger partial charge is 0.475 e. The number of anilines is 5. The molecule has 0 unspecified atom stereocenters. The van der Waals surface area contributed by atoms with E-state index >= 15 is 0 Å². The molecule has 1 aliphatic heterocycles. The molecule has 0 radical (unpaired) electrons.